The Hall–Kier alpha value is -3.82. The predicted molar refractivity (Wildman–Crippen MR) is 168 cm³/mol. The smallest absolute Gasteiger partial charge is 0.412 e. The van der Waals surface area contributed by atoms with E-state index in [1.165, 1.54) is 6.07 Å². The molecular weight excluding hydrogens is 665 g/mol. The highest BCUT2D eigenvalue weighted by Gasteiger charge is 2.44. The largest absolute Gasteiger partial charge is 0.486 e. The highest BCUT2D eigenvalue weighted by atomic mass is 35.6. The lowest BCUT2D eigenvalue weighted by Crippen LogP contribution is -2.52. The van der Waals surface area contributed by atoms with Crippen molar-refractivity contribution in [1.82, 2.24) is 4.90 Å². The number of nitriles is 1. The number of anilines is 1. The molecule has 0 radical (unpaired) electrons. The van der Waals surface area contributed by atoms with Crippen molar-refractivity contribution in [1.29, 1.82) is 5.26 Å². The number of esters is 1. The number of fused-ring (bicyclic) bond motifs is 1. The maximum Gasteiger partial charge on any atom is 0.412 e. The minimum atomic E-state index is -1.85. The summed E-state index contributed by atoms with van der Waals surface area (Å²) in [7, 11) is 0. The maximum atomic E-state index is 13.9. The third-order valence-corrected chi connectivity index (χ3v) is 9.04. The standard InChI is InChI=1S/C31H26Cl3N3O7S/c1-18-24(27(39)37-11-9-30(10-12-37)14-22(38)21-13-20(15-35)7-8-23(21)44-30)26(36-29(41)43-17-31(32,33)34)45-25(18)28(40)42-16-19-5-3-2-4-6-19/h2-8,13H,9-12,14,16-17H2,1H3,(H,36,41). The molecule has 1 fully saturated rings. The summed E-state index contributed by atoms with van der Waals surface area (Å²) >= 11 is 18.0. The van der Waals surface area contributed by atoms with Crippen LogP contribution < -0.4 is 10.1 Å². The molecule has 2 aromatic carbocycles. The molecule has 2 amide bonds. The molecule has 2 aliphatic heterocycles. The Kier molecular flexibility index (Phi) is 9.60. The van der Waals surface area contributed by atoms with Gasteiger partial charge in [0.05, 0.1) is 29.2 Å². The number of carbonyl (C=O) groups is 4. The molecule has 3 heterocycles. The topological polar surface area (TPSA) is 135 Å². The number of ether oxygens (including phenoxy) is 3. The normalized spacial score (nSPS) is 15.4. The van der Waals surface area contributed by atoms with Crippen LogP contribution in [0.5, 0.6) is 5.75 Å². The first kappa shape index (κ1) is 32.6. The minimum absolute atomic E-state index is 0.0161. The molecule has 1 spiro atoms. The van der Waals surface area contributed by atoms with E-state index < -0.39 is 34.0 Å². The molecule has 0 atom stereocenters. The monoisotopic (exact) mass is 689 g/mol. The molecule has 10 nitrogen and oxygen atoms in total. The molecule has 1 saturated heterocycles. The van der Waals surface area contributed by atoms with Crippen LogP contribution in [0, 0.1) is 18.3 Å². The quantitative estimate of drug-likeness (QED) is 0.219. The van der Waals surface area contributed by atoms with Crippen LogP contribution in [0.1, 0.15) is 66.3 Å². The average Bonchev–Trinajstić information content (AvgIpc) is 3.34. The van der Waals surface area contributed by atoms with E-state index >= 15 is 0 Å². The zero-order valence-corrected chi connectivity index (χ0v) is 26.9. The number of thiophene rings is 1. The first-order chi connectivity index (χ1) is 21.4. The molecule has 0 saturated carbocycles. The van der Waals surface area contributed by atoms with Crippen molar-refractivity contribution in [2.45, 2.75) is 42.2 Å². The van der Waals surface area contributed by atoms with Crippen LogP contribution in [0.25, 0.3) is 0 Å². The van der Waals surface area contributed by atoms with Crippen molar-refractivity contribution >= 4 is 74.9 Å². The highest BCUT2D eigenvalue weighted by Crippen LogP contribution is 2.41. The van der Waals surface area contributed by atoms with Gasteiger partial charge >= 0.3 is 12.1 Å². The van der Waals surface area contributed by atoms with E-state index in [9.17, 15) is 24.4 Å². The lowest BCUT2D eigenvalue weighted by atomic mass is 9.82. The third kappa shape index (κ3) is 7.53. The molecule has 234 valence electrons. The SMILES string of the molecule is Cc1c(C(=O)OCc2ccccc2)sc(NC(=O)OCC(Cl)(Cl)Cl)c1C(=O)N1CCC2(CC1)CC(=O)c1cc(C#N)ccc1O2. The second-order valence-electron chi connectivity index (χ2n) is 10.6. The van der Waals surface area contributed by atoms with Crippen molar-refractivity contribution < 1.29 is 33.4 Å². The van der Waals surface area contributed by atoms with Crippen molar-refractivity contribution in [2.75, 3.05) is 25.0 Å². The number of piperidine rings is 1. The Balaban J connectivity index is 1.34. The van der Waals surface area contributed by atoms with Crippen LogP contribution >= 0.6 is 46.1 Å². The number of nitrogens with one attached hydrogen (secondary N) is 1. The summed E-state index contributed by atoms with van der Waals surface area (Å²) in [5.41, 5.74) is 1.15. The minimum Gasteiger partial charge on any atom is -0.486 e. The zero-order valence-electron chi connectivity index (χ0n) is 23.9. The van der Waals surface area contributed by atoms with Crippen molar-refractivity contribution in [3.63, 3.8) is 0 Å². The fraction of sp³-hybridized carbons (Fsp3) is 0.323. The van der Waals surface area contributed by atoms with Crippen LogP contribution in [0.3, 0.4) is 0 Å². The second kappa shape index (κ2) is 13.3. The van der Waals surface area contributed by atoms with Gasteiger partial charge in [0.25, 0.3) is 5.91 Å². The van der Waals surface area contributed by atoms with Crippen molar-refractivity contribution in [3.05, 3.63) is 81.2 Å². The molecule has 5 rings (SSSR count). The number of amides is 2. The summed E-state index contributed by atoms with van der Waals surface area (Å²) in [5, 5.41) is 11.8. The number of hydrogen-bond acceptors (Lipinski definition) is 9. The first-order valence-electron chi connectivity index (χ1n) is 13.8. The van der Waals surface area contributed by atoms with Gasteiger partial charge in [0.15, 0.2) is 5.78 Å². The Labute approximate surface area is 277 Å². The molecule has 1 N–H and O–H groups in total. The molecule has 0 bridgehead atoms. The van der Waals surface area contributed by atoms with Gasteiger partial charge in [-0.05, 0) is 36.2 Å². The van der Waals surface area contributed by atoms with Crippen LogP contribution in [0.15, 0.2) is 48.5 Å². The number of nitrogens with zero attached hydrogens (tertiary/aromatic N) is 2. The maximum absolute atomic E-state index is 13.9. The molecule has 45 heavy (non-hydrogen) atoms. The van der Waals surface area contributed by atoms with E-state index in [0.29, 0.717) is 35.3 Å². The van der Waals surface area contributed by atoms with E-state index in [1.807, 2.05) is 36.4 Å². The highest BCUT2D eigenvalue weighted by molar-refractivity contribution is 7.18. The van der Waals surface area contributed by atoms with Gasteiger partial charge in [0, 0.05) is 25.9 Å². The second-order valence-corrected chi connectivity index (χ2v) is 14.2. The number of likely N-dealkylation sites (tertiary alicyclic amines) is 1. The van der Waals surface area contributed by atoms with Gasteiger partial charge in [0.1, 0.15) is 34.4 Å². The molecule has 14 heteroatoms. The summed E-state index contributed by atoms with van der Waals surface area (Å²) in [5.74, 6) is -0.806. The van der Waals surface area contributed by atoms with E-state index in [-0.39, 0.29) is 47.3 Å². The summed E-state index contributed by atoms with van der Waals surface area (Å²) in [6, 6.07) is 15.9. The van der Waals surface area contributed by atoms with E-state index in [1.54, 1.807) is 24.0 Å². The fourth-order valence-electron chi connectivity index (χ4n) is 5.24. The number of benzene rings is 2. The number of Topliss-reactive ketones (excluding diaryl/α,β-unsaturated/α-hetero) is 1. The number of alkyl halides is 3. The van der Waals surface area contributed by atoms with Gasteiger partial charge in [0.2, 0.25) is 3.79 Å². The number of rotatable bonds is 6. The van der Waals surface area contributed by atoms with Gasteiger partial charge in [-0.15, -0.1) is 11.3 Å². The van der Waals surface area contributed by atoms with E-state index in [4.69, 9.17) is 49.0 Å². The molecule has 0 aliphatic carbocycles. The Bertz CT molecular complexity index is 1690. The van der Waals surface area contributed by atoms with Crippen LogP contribution in [-0.2, 0) is 16.1 Å². The summed E-state index contributed by atoms with van der Waals surface area (Å²) in [6.07, 6.45) is -0.126. The third-order valence-electron chi connectivity index (χ3n) is 7.52. The summed E-state index contributed by atoms with van der Waals surface area (Å²) in [4.78, 5) is 54.4. The summed E-state index contributed by atoms with van der Waals surface area (Å²) < 4.78 is 14.9. The lowest BCUT2D eigenvalue weighted by molar-refractivity contribution is -0.00569. The zero-order chi connectivity index (χ0) is 32.4. The van der Waals surface area contributed by atoms with E-state index in [0.717, 1.165) is 16.9 Å². The van der Waals surface area contributed by atoms with Crippen LogP contribution in [-0.4, -0.2) is 57.7 Å². The molecular formula is C31H26Cl3N3O7S. The van der Waals surface area contributed by atoms with Crippen LogP contribution in [0.2, 0.25) is 0 Å². The number of hydrogen-bond donors (Lipinski definition) is 1. The molecule has 3 aromatic rings. The molecule has 2 aliphatic rings. The van der Waals surface area contributed by atoms with E-state index in [2.05, 4.69) is 5.32 Å². The Morgan fingerprint density at radius 2 is 1.82 bits per heavy atom. The fourth-order valence-corrected chi connectivity index (χ4v) is 6.48. The van der Waals surface area contributed by atoms with Gasteiger partial charge in [-0.3, -0.25) is 14.9 Å². The van der Waals surface area contributed by atoms with Crippen LogP contribution in [0.4, 0.5) is 9.80 Å². The predicted octanol–water partition coefficient (Wildman–Crippen LogP) is 6.84. The molecule has 0 unspecified atom stereocenters. The van der Waals surface area contributed by atoms with Crippen molar-refractivity contribution in [2.24, 2.45) is 0 Å². The van der Waals surface area contributed by atoms with Gasteiger partial charge in [-0.25, -0.2) is 9.59 Å². The number of halogens is 3. The number of carbonyl (C=O) groups excluding carboxylic acids is 4. The Morgan fingerprint density at radius 3 is 2.49 bits per heavy atom. The first-order valence-corrected chi connectivity index (χ1v) is 15.7. The molecule has 1 aromatic heterocycles. The van der Waals surface area contributed by atoms with Gasteiger partial charge < -0.3 is 19.1 Å². The number of ketones is 1. The van der Waals surface area contributed by atoms with Gasteiger partial charge in [-0.1, -0.05) is 65.1 Å². The van der Waals surface area contributed by atoms with Crippen molar-refractivity contribution in [3.8, 4) is 11.8 Å². The van der Waals surface area contributed by atoms with Gasteiger partial charge in [-0.2, -0.15) is 5.26 Å². The average molecular weight is 691 g/mol. The lowest BCUT2D eigenvalue weighted by Gasteiger charge is -2.44. The summed E-state index contributed by atoms with van der Waals surface area (Å²) in [6.45, 7) is 1.57. The Morgan fingerprint density at radius 1 is 1.11 bits per heavy atom.